The standard InChI is InChI=1S/C17H29N3O2/c1-16(2,3)8-13(12-21)20(5)11-15-18-9-14(10-19-15)22-17(4)6-7-17/h9-10,13,21H,6-8,11-12H2,1-5H3. The molecule has 1 aliphatic carbocycles. The van der Waals surface area contributed by atoms with Crippen LogP contribution in [0.2, 0.25) is 0 Å². The lowest BCUT2D eigenvalue weighted by atomic mass is 9.88. The Labute approximate surface area is 133 Å². The maximum absolute atomic E-state index is 9.61. The quantitative estimate of drug-likeness (QED) is 0.839. The minimum absolute atomic E-state index is 0.00361. The zero-order valence-electron chi connectivity index (χ0n) is 14.5. The van der Waals surface area contributed by atoms with Gasteiger partial charge in [-0.05, 0) is 38.6 Å². The van der Waals surface area contributed by atoms with E-state index in [4.69, 9.17) is 4.74 Å². The molecule has 0 aliphatic heterocycles. The van der Waals surface area contributed by atoms with Crippen molar-refractivity contribution in [2.75, 3.05) is 13.7 Å². The average Bonchev–Trinajstić information content (AvgIpc) is 3.14. The largest absolute Gasteiger partial charge is 0.484 e. The maximum Gasteiger partial charge on any atom is 0.156 e. The van der Waals surface area contributed by atoms with Crippen LogP contribution in [0.25, 0.3) is 0 Å². The summed E-state index contributed by atoms with van der Waals surface area (Å²) in [5.74, 6) is 1.49. The van der Waals surface area contributed by atoms with Gasteiger partial charge in [-0.15, -0.1) is 0 Å². The molecular weight excluding hydrogens is 278 g/mol. The SMILES string of the molecule is CN(Cc1ncc(OC2(C)CC2)cn1)C(CO)CC(C)(C)C. The molecule has 0 aromatic carbocycles. The number of aliphatic hydroxyl groups is 1. The third kappa shape index (κ3) is 5.21. The van der Waals surface area contributed by atoms with E-state index in [-0.39, 0.29) is 23.7 Å². The Hall–Kier alpha value is -1.20. The highest BCUT2D eigenvalue weighted by Crippen LogP contribution is 2.39. The topological polar surface area (TPSA) is 58.5 Å². The van der Waals surface area contributed by atoms with Crippen LogP contribution in [0.15, 0.2) is 12.4 Å². The van der Waals surface area contributed by atoms with Crippen LogP contribution < -0.4 is 4.74 Å². The van der Waals surface area contributed by atoms with E-state index in [2.05, 4.69) is 42.6 Å². The predicted molar refractivity (Wildman–Crippen MR) is 86.7 cm³/mol. The van der Waals surface area contributed by atoms with Gasteiger partial charge in [-0.3, -0.25) is 4.90 Å². The zero-order chi connectivity index (χ0) is 16.4. The lowest BCUT2D eigenvalue weighted by Crippen LogP contribution is -2.37. The molecule has 2 rings (SSSR count). The third-order valence-corrected chi connectivity index (χ3v) is 4.07. The molecule has 1 heterocycles. The molecule has 1 saturated carbocycles. The number of aliphatic hydroxyl groups excluding tert-OH is 1. The fourth-order valence-corrected chi connectivity index (χ4v) is 2.46. The summed E-state index contributed by atoms with van der Waals surface area (Å²) in [6.07, 6.45) is 6.62. The number of hydrogen-bond acceptors (Lipinski definition) is 5. The average molecular weight is 307 g/mol. The summed E-state index contributed by atoms with van der Waals surface area (Å²) in [5.41, 5.74) is 0.177. The van der Waals surface area contributed by atoms with Gasteiger partial charge in [0.25, 0.3) is 0 Å². The van der Waals surface area contributed by atoms with E-state index in [0.717, 1.165) is 30.8 Å². The van der Waals surface area contributed by atoms with Gasteiger partial charge in [0, 0.05) is 6.04 Å². The summed E-state index contributed by atoms with van der Waals surface area (Å²) >= 11 is 0. The van der Waals surface area contributed by atoms with Crippen LogP contribution in [0.1, 0.15) is 52.8 Å². The molecule has 1 unspecified atom stereocenters. The monoisotopic (exact) mass is 307 g/mol. The molecule has 1 atom stereocenters. The summed E-state index contributed by atoms with van der Waals surface area (Å²) in [6, 6.07) is 0.116. The van der Waals surface area contributed by atoms with Crippen LogP contribution in [0.3, 0.4) is 0 Å². The number of nitrogens with zero attached hydrogens (tertiary/aromatic N) is 3. The van der Waals surface area contributed by atoms with Crippen molar-refractivity contribution in [1.82, 2.24) is 14.9 Å². The molecule has 0 bridgehead atoms. The van der Waals surface area contributed by atoms with E-state index in [1.54, 1.807) is 12.4 Å². The summed E-state index contributed by atoms with van der Waals surface area (Å²) in [4.78, 5) is 10.9. The number of aromatic nitrogens is 2. The summed E-state index contributed by atoms with van der Waals surface area (Å²) in [7, 11) is 2.01. The lowest BCUT2D eigenvalue weighted by Gasteiger charge is -2.31. The molecule has 124 valence electrons. The minimum Gasteiger partial charge on any atom is -0.484 e. The van der Waals surface area contributed by atoms with Gasteiger partial charge < -0.3 is 9.84 Å². The zero-order valence-corrected chi connectivity index (χ0v) is 14.5. The normalized spacial score (nSPS) is 18.3. The first kappa shape index (κ1) is 17.2. The molecule has 5 nitrogen and oxygen atoms in total. The first-order chi connectivity index (χ1) is 10.2. The first-order valence-corrected chi connectivity index (χ1v) is 8.02. The fraction of sp³-hybridized carbons (Fsp3) is 0.765. The number of hydrogen-bond donors (Lipinski definition) is 1. The van der Waals surface area contributed by atoms with Crippen LogP contribution in [0.4, 0.5) is 0 Å². The molecule has 0 amide bonds. The molecule has 0 saturated heterocycles. The van der Waals surface area contributed by atoms with Crippen LogP contribution >= 0.6 is 0 Å². The van der Waals surface area contributed by atoms with Gasteiger partial charge >= 0.3 is 0 Å². The van der Waals surface area contributed by atoms with Crippen LogP contribution in [0.5, 0.6) is 5.75 Å². The van der Waals surface area contributed by atoms with E-state index in [9.17, 15) is 5.11 Å². The Morgan fingerprint density at radius 2 is 1.91 bits per heavy atom. The molecule has 1 N–H and O–H groups in total. The fourth-order valence-electron chi connectivity index (χ4n) is 2.46. The molecule has 0 radical (unpaired) electrons. The van der Waals surface area contributed by atoms with Gasteiger partial charge in [-0.1, -0.05) is 20.8 Å². The van der Waals surface area contributed by atoms with Gasteiger partial charge in [-0.2, -0.15) is 0 Å². The van der Waals surface area contributed by atoms with E-state index >= 15 is 0 Å². The third-order valence-electron chi connectivity index (χ3n) is 4.07. The molecule has 22 heavy (non-hydrogen) atoms. The molecular formula is C17H29N3O2. The number of likely N-dealkylation sites (N-methyl/N-ethyl adjacent to an activating group) is 1. The van der Waals surface area contributed by atoms with E-state index < -0.39 is 0 Å². The smallest absolute Gasteiger partial charge is 0.156 e. The second-order valence-corrected chi connectivity index (χ2v) is 7.90. The van der Waals surface area contributed by atoms with Crippen molar-refractivity contribution in [2.24, 2.45) is 5.41 Å². The Morgan fingerprint density at radius 3 is 2.36 bits per heavy atom. The number of ether oxygens (including phenoxy) is 1. The molecule has 1 aromatic rings. The van der Waals surface area contributed by atoms with Gasteiger partial charge in [0.15, 0.2) is 5.75 Å². The van der Waals surface area contributed by atoms with Crippen LogP contribution in [0, 0.1) is 5.41 Å². The van der Waals surface area contributed by atoms with Crippen molar-refractivity contribution in [3.63, 3.8) is 0 Å². The second kappa shape index (κ2) is 6.50. The van der Waals surface area contributed by atoms with Crippen molar-refractivity contribution < 1.29 is 9.84 Å². The van der Waals surface area contributed by atoms with Crippen molar-refractivity contribution in [3.05, 3.63) is 18.2 Å². The van der Waals surface area contributed by atoms with Gasteiger partial charge in [-0.25, -0.2) is 9.97 Å². The molecule has 1 fully saturated rings. The van der Waals surface area contributed by atoms with Crippen LogP contribution in [-0.4, -0.2) is 45.3 Å². The highest BCUT2D eigenvalue weighted by Gasteiger charge is 2.40. The van der Waals surface area contributed by atoms with E-state index in [1.165, 1.54) is 0 Å². The van der Waals surface area contributed by atoms with Crippen LogP contribution in [-0.2, 0) is 6.54 Å². The molecule has 1 aromatic heterocycles. The van der Waals surface area contributed by atoms with Crippen molar-refractivity contribution in [1.29, 1.82) is 0 Å². The van der Waals surface area contributed by atoms with Gasteiger partial charge in [0.1, 0.15) is 11.4 Å². The summed E-state index contributed by atoms with van der Waals surface area (Å²) < 4.78 is 5.83. The molecule has 1 aliphatic rings. The van der Waals surface area contributed by atoms with E-state index in [0.29, 0.717) is 6.54 Å². The Morgan fingerprint density at radius 1 is 1.32 bits per heavy atom. The Balaban J connectivity index is 1.91. The Bertz CT molecular complexity index is 478. The second-order valence-electron chi connectivity index (χ2n) is 7.90. The maximum atomic E-state index is 9.61. The van der Waals surface area contributed by atoms with Gasteiger partial charge in [0.05, 0.1) is 25.5 Å². The minimum atomic E-state index is -0.00361. The van der Waals surface area contributed by atoms with Gasteiger partial charge in [0.2, 0.25) is 0 Å². The summed E-state index contributed by atoms with van der Waals surface area (Å²) in [5, 5.41) is 9.61. The number of rotatable bonds is 7. The van der Waals surface area contributed by atoms with E-state index in [1.807, 2.05) is 7.05 Å². The van der Waals surface area contributed by atoms with Crippen molar-refractivity contribution in [2.45, 2.75) is 65.1 Å². The predicted octanol–water partition coefficient (Wildman–Crippen LogP) is 2.64. The molecule has 0 spiro atoms. The lowest BCUT2D eigenvalue weighted by molar-refractivity contribution is 0.103. The highest BCUT2D eigenvalue weighted by molar-refractivity contribution is 5.15. The highest BCUT2D eigenvalue weighted by atomic mass is 16.5. The first-order valence-electron chi connectivity index (χ1n) is 8.02. The Kier molecular flexibility index (Phi) is 5.07. The molecule has 5 heteroatoms. The summed E-state index contributed by atoms with van der Waals surface area (Å²) in [6.45, 7) is 9.43. The van der Waals surface area contributed by atoms with Crippen molar-refractivity contribution in [3.8, 4) is 5.75 Å². The van der Waals surface area contributed by atoms with Crippen molar-refractivity contribution >= 4 is 0 Å².